The molecule has 0 unspecified atom stereocenters. The van der Waals surface area contributed by atoms with Crippen LogP contribution in [0.1, 0.15) is 15.9 Å². The van der Waals surface area contributed by atoms with Gasteiger partial charge >= 0.3 is 0 Å². The zero-order chi connectivity index (χ0) is 19.4. The van der Waals surface area contributed by atoms with Crippen LogP contribution in [0.15, 0.2) is 24.4 Å². The number of benzene rings is 1. The highest BCUT2D eigenvalue weighted by atomic mass is 19.2. The predicted octanol–water partition coefficient (Wildman–Crippen LogP) is 1.44. The van der Waals surface area contributed by atoms with Crippen molar-refractivity contribution in [3.63, 3.8) is 0 Å². The van der Waals surface area contributed by atoms with Crippen LogP contribution in [0, 0.1) is 11.6 Å². The lowest BCUT2D eigenvalue weighted by Gasteiger charge is -2.26. The lowest BCUT2D eigenvalue weighted by atomic mass is 10.2. The highest BCUT2D eigenvalue weighted by molar-refractivity contribution is 5.97. The molecule has 1 aromatic heterocycles. The van der Waals surface area contributed by atoms with Crippen molar-refractivity contribution in [3.05, 3.63) is 47.2 Å². The molecular formula is C18H21F2N3O4. The van der Waals surface area contributed by atoms with Crippen LogP contribution in [0.4, 0.5) is 8.78 Å². The van der Waals surface area contributed by atoms with Crippen molar-refractivity contribution in [3.8, 4) is 11.6 Å². The van der Waals surface area contributed by atoms with Crippen molar-refractivity contribution in [2.75, 3.05) is 32.8 Å². The molecule has 2 aromatic rings. The van der Waals surface area contributed by atoms with E-state index in [0.29, 0.717) is 31.9 Å². The maximum Gasteiger partial charge on any atom is 0.257 e. The van der Waals surface area contributed by atoms with Crippen LogP contribution < -0.4 is 5.32 Å². The van der Waals surface area contributed by atoms with Gasteiger partial charge in [-0.2, -0.15) is 0 Å². The SMILES string of the molecule is O=C(NCc1ccc(F)c(F)c1)c1cn(CCN2CCOCC2)c(O)c1O. The van der Waals surface area contributed by atoms with E-state index in [9.17, 15) is 23.8 Å². The summed E-state index contributed by atoms with van der Waals surface area (Å²) in [6.45, 7) is 3.87. The molecule has 9 heteroatoms. The fraction of sp³-hybridized carbons (Fsp3) is 0.389. The Morgan fingerprint density at radius 2 is 1.89 bits per heavy atom. The summed E-state index contributed by atoms with van der Waals surface area (Å²) in [5, 5.41) is 22.6. The third-order valence-electron chi connectivity index (χ3n) is 4.47. The number of rotatable bonds is 6. The molecule has 0 spiro atoms. The second-order valence-corrected chi connectivity index (χ2v) is 6.29. The first-order valence-electron chi connectivity index (χ1n) is 8.59. The molecule has 3 N–H and O–H groups in total. The smallest absolute Gasteiger partial charge is 0.257 e. The van der Waals surface area contributed by atoms with Gasteiger partial charge in [0.1, 0.15) is 5.56 Å². The van der Waals surface area contributed by atoms with Gasteiger partial charge in [-0.1, -0.05) is 6.07 Å². The fourth-order valence-electron chi connectivity index (χ4n) is 2.87. The maximum absolute atomic E-state index is 13.2. The Bertz CT molecular complexity index is 819. The largest absolute Gasteiger partial charge is 0.503 e. The molecule has 1 saturated heterocycles. The van der Waals surface area contributed by atoms with E-state index in [1.807, 2.05) is 0 Å². The second kappa shape index (κ2) is 8.36. The third-order valence-corrected chi connectivity index (χ3v) is 4.47. The summed E-state index contributed by atoms with van der Waals surface area (Å²) in [6, 6.07) is 3.31. The lowest BCUT2D eigenvalue weighted by Crippen LogP contribution is -2.38. The van der Waals surface area contributed by atoms with Gasteiger partial charge in [0.15, 0.2) is 17.4 Å². The van der Waals surface area contributed by atoms with E-state index in [0.717, 1.165) is 25.2 Å². The third kappa shape index (κ3) is 4.55. The summed E-state index contributed by atoms with van der Waals surface area (Å²) < 4.78 is 32.8. The zero-order valence-corrected chi connectivity index (χ0v) is 14.6. The number of nitrogens with zero attached hydrogens (tertiary/aromatic N) is 2. The molecule has 146 valence electrons. The number of nitrogens with one attached hydrogen (secondary N) is 1. The first-order valence-corrected chi connectivity index (χ1v) is 8.59. The van der Waals surface area contributed by atoms with Gasteiger partial charge in [0.05, 0.1) is 13.2 Å². The summed E-state index contributed by atoms with van der Waals surface area (Å²) in [4.78, 5) is 14.4. The number of aromatic hydroxyl groups is 2. The Hall–Kier alpha value is -2.65. The minimum absolute atomic E-state index is 0.0464. The number of amides is 1. The minimum atomic E-state index is -1.00. The first-order chi connectivity index (χ1) is 13.0. The van der Waals surface area contributed by atoms with Gasteiger partial charge in [0.2, 0.25) is 5.88 Å². The Morgan fingerprint density at radius 3 is 2.59 bits per heavy atom. The molecule has 0 saturated carbocycles. The number of hydrogen-bond donors (Lipinski definition) is 3. The maximum atomic E-state index is 13.2. The fourth-order valence-corrected chi connectivity index (χ4v) is 2.87. The average molecular weight is 381 g/mol. The summed E-state index contributed by atoms with van der Waals surface area (Å²) in [5.41, 5.74) is 0.287. The van der Waals surface area contributed by atoms with E-state index in [1.165, 1.54) is 16.8 Å². The molecule has 1 fully saturated rings. The van der Waals surface area contributed by atoms with E-state index in [2.05, 4.69) is 10.2 Å². The Labute approximate surface area is 154 Å². The van der Waals surface area contributed by atoms with E-state index >= 15 is 0 Å². The zero-order valence-electron chi connectivity index (χ0n) is 14.6. The molecular weight excluding hydrogens is 360 g/mol. The van der Waals surface area contributed by atoms with E-state index < -0.39 is 23.3 Å². The van der Waals surface area contributed by atoms with Crippen molar-refractivity contribution >= 4 is 5.91 Å². The molecule has 1 amide bonds. The highest BCUT2D eigenvalue weighted by Crippen LogP contribution is 2.31. The van der Waals surface area contributed by atoms with Gasteiger partial charge < -0.3 is 24.8 Å². The van der Waals surface area contributed by atoms with Crippen LogP contribution in [0.5, 0.6) is 11.6 Å². The van der Waals surface area contributed by atoms with Gasteiger partial charge in [-0.15, -0.1) is 0 Å². The Morgan fingerprint density at radius 1 is 1.15 bits per heavy atom. The minimum Gasteiger partial charge on any atom is -0.503 e. The van der Waals surface area contributed by atoms with E-state index in [1.54, 1.807) is 0 Å². The van der Waals surface area contributed by atoms with Crippen LogP contribution in [-0.4, -0.2) is 58.4 Å². The highest BCUT2D eigenvalue weighted by Gasteiger charge is 2.21. The van der Waals surface area contributed by atoms with Crippen LogP contribution in [0.3, 0.4) is 0 Å². The summed E-state index contributed by atoms with van der Waals surface area (Å²) in [5.74, 6) is -3.50. The molecule has 2 heterocycles. The number of halogens is 2. The molecule has 7 nitrogen and oxygen atoms in total. The van der Waals surface area contributed by atoms with Crippen molar-refractivity contribution < 1.29 is 28.5 Å². The van der Waals surface area contributed by atoms with E-state index in [4.69, 9.17) is 4.74 Å². The standard InChI is InChI=1S/C18H21F2N3O4/c19-14-2-1-12(9-15(14)20)10-21-17(25)13-11-23(18(26)16(13)24)4-3-22-5-7-27-8-6-22/h1-2,9,11,24,26H,3-8,10H2,(H,21,25). The molecule has 3 rings (SSSR count). The normalized spacial score (nSPS) is 15.0. The molecule has 0 radical (unpaired) electrons. The van der Waals surface area contributed by atoms with E-state index in [-0.39, 0.29) is 18.0 Å². The van der Waals surface area contributed by atoms with Crippen molar-refractivity contribution in [2.45, 2.75) is 13.1 Å². The number of aromatic nitrogens is 1. The van der Waals surface area contributed by atoms with Crippen LogP contribution in [-0.2, 0) is 17.8 Å². The van der Waals surface area contributed by atoms with Gasteiger partial charge in [0.25, 0.3) is 5.91 Å². The van der Waals surface area contributed by atoms with Crippen LogP contribution in [0.25, 0.3) is 0 Å². The van der Waals surface area contributed by atoms with Crippen LogP contribution in [0.2, 0.25) is 0 Å². The quantitative estimate of drug-likeness (QED) is 0.705. The number of ether oxygens (including phenoxy) is 1. The van der Waals surface area contributed by atoms with Gasteiger partial charge in [-0.05, 0) is 17.7 Å². The Balaban J connectivity index is 1.61. The number of hydrogen-bond acceptors (Lipinski definition) is 5. The molecule has 0 bridgehead atoms. The van der Waals surface area contributed by atoms with Gasteiger partial charge in [-0.25, -0.2) is 8.78 Å². The van der Waals surface area contributed by atoms with Gasteiger partial charge in [0, 0.05) is 38.9 Å². The Kier molecular flexibility index (Phi) is 5.92. The summed E-state index contributed by atoms with van der Waals surface area (Å²) in [6.07, 6.45) is 1.37. The number of carbonyl (C=O) groups excluding carboxylic acids is 1. The predicted molar refractivity (Wildman–Crippen MR) is 92.5 cm³/mol. The number of carbonyl (C=O) groups is 1. The van der Waals surface area contributed by atoms with Crippen molar-refractivity contribution in [2.24, 2.45) is 0 Å². The molecule has 0 aliphatic carbocycles. The average Bonchev–Trinajstić information content (AvgIpc) is 2.96. The lowest BCUT2D eigenvalue weighted by molar-refractivity contribution is 0.0361. The number of morpholine rings is 1. The molecule has 27 heavy (non-hydrogen) atoms. The molecule has 1 aliphatic rings. The summed E-state index contributed by atoms with van der Waals surface area (Å²) in [7, 11) is 0. The van der Waals surface area contributed by atoms with Gasteiger partial charge in [-0.3, -0.25) is 9.69 Å². The van der Waals surface area contributed by atoms with Crippen molar-refractivity contribution in [1.29, 1.82) is 0 Å². The second-order valence-electron chi connectivity index (χ2n) is 6.29. The monoisotopic (exact) mass is 381 g/mol. The van der Waals surface area contributed by atoms with Crippen molar-refractivity contribution in [1.82, 2.24) is 14.8 Å². The molecule has 1 aromatic carbocycles. The van der Waals surface area contributed by atoms with Crippen LogP contribution >= 0.6 is 0 Å². The first kappa shape index (κ1) is 19.1. The topological polar surface area (TPSA) is 87.0 Å². The summed E-state index contributed by atoms with van der Waals surface area (Å²) >= 11 is 0. The molecule has 1 aliphatic heterocycles. The molecule has 0 atom stereocenters.